The number of morpholine rings is 1. The largest absolute Gasteiger partial charge is 0.374 e. The average Bonchev–Trinajstić information content (AvgIpc) is 2.83. The fourth-order valence-electron chi connectivity index (χ4n) is 2.84. The van der Waals surface area contributed by atoms with Gasteiger partial charge in [0.2, 0.25) is 0 Å². The van der Waals surface area contributed by atoms with Gasteiger partial charge in [-0.1, -0.05) is 13.8 Å². The van der Waals surface area contributed by atoms with Crippen LogP contribution in [0.5, 0.6) is 0 Å². The minimum atomic E-state index is 0.00218. The van der Waals surface area contributed by atoms with Crippen LogP contribution in [0.25, 0.3) is 0 Å². The molecular weight excluding hydrogens is 332 g/mol. The highest BCUT2D eigenvalue weighted by molar-refractivity contribution is 9.10. The number of hydrogen-bond donors (Lipinski definition) is 1. The van der Waals surface area contributed by atoms with Crippen LogP contribution in [0.3, 0.4) is 0 Å². The minimum Gasteiger partial charge on any atom is -0.374 e. The van der Waals surface area contributed by atoms with Crippen LogP contribution in [0.2, 0.25) is 0 Å². The van der Waals surface area contributed by atoms with Crippen molar-refractivity contribution in [1.29, 1.82) is 0 Å². The van der Waals surface area contributed by atoms with Crippen molar-refractivity contribution < 1.29 is 4.74 Å². The number of halogens is 1. The van der Waals surface area contributed by atoms with Gasteiger partial charge in [-0.25, -0.2) is 0 Å². The third kappa shape index (κ3) is 3.86. The van der Waals surface area contributed by atoms with Gasteiger partial charge in [0.1, 0.15) is 0 Å². The van der Waals surface area contributed by atoms with Crippen molar-refractivity contribution in [3.05, 3.63) is 15.9 Å². The van der Waals surface area contributed by atoms with Crippen LogP contribution in [-0.4, -0.2) is 53.1 Å². The predicted octanol–water partition coefficient (Wildman–Crippen LogP) is 1.82. The maximum Gasteiger partial charge on any atom is 0.0856 e. The van der Waals surface area contributed by atoms with E-state index in [1.807, 2.05) is 0 Å². The number of nitrogens with zero attached hydrogens (tertiary/aromatic N) is 3. The normalized spacial score (nSPS) is 21.7. The minimum absolute atomic E-state index is 0.00218. The SMILES string of the molecule is CCc1nn(CC)c(CC(N)C2CN(CC)CCO2)c1Br. The van der Waals surface area contributed by atoms with Crippen LogP contribution in [0, 0.1) is 0 Å². The van der Waals surface area contributed by atoms with Crippen molar-refractivity contribution >= 4 is 15.9 Å². The van der Waals surface area contributed by atoms with Crippen LogP contribution in [-0.2, 0) is 24.1 Å². The molecule has 2 atom stereocenters. The van der Waals surface area contributed by atoms with Crippen molar-refractivity contribution in [3.63, 3.8) is 0 Å². The maximum absolute atomic E-state index is 6.43. The second kappa shape index (κ2) is 7.72. The van der Waals surface area contributed by atoms with Crippen LogP contribution in [0.4, 0.5) is 0 Å². The lowest BCUT2D eigenvalue weighted by Crippen LogP contribution is -2.51. The first-order chi connectivity index (χ1) is 10.1. The van der Waals surface area contributed by atoms with Crippen LogP contribution in [0.1, 0.15) is 32.2 Å². The molecule has 5 nitrogen and oxygen atoms in total. The molecule has 0 saturated carbocycles. The number of hydrogen-bond acceptors (Lipinski definition) is 4. The van der Waals surface area contributed by atoms with E-state index in [2.05, 4.69) is 51.4 Å². The molecule has 120 valence electrons. The van der Waals surface area contributed by atoms with Gasteiger partial charge in [0, 0.05) is 32.1 Å². The summed E-state index contributed by atoms with van der Waals surface area (Å²) in [5.41, 5.74) is 8.73. The van der Waals surface area contributed by atoms with Gasteiger partial charge in [0.15, 0.2) is 0 Å². The predicted molar refractivity (Wildman–Crippen MR) is 88.5 cm³/mol. The number of rotatable bonds is 6. The summed E-state index contributed by atoms with van der Waals surface area (Å²) >= 11 is 3.69. The van der Waals surface area contributed by atoms with Gasteiger partial charge in [0.25, 0.3) is 0 Å². The summed E-state index contributed by atoms with van der Waals surface area (Å²) in [6.45, 7) is 11.1. The lowest BCUT2D eigenvalue weighted by Gasteiger charge is -2.35. The van der Waals surface area contributed by atoms with E-state index in [-0.39, 0.29) is 12.1 Å². The zero-order valence-corrected chi connectivity index (χ0v) is 14.9. The summed E-state index contributed by atoms with van der Waals surface area (Å²) in [6, 6.07) is 0.00218. The van der Waals surface area contributed by atoms with Gasteiger partial charge in [-0.3, -0.25) is 9.58 Å². The second-order valence-corrected chi connectivity index (χ2v) is 6.34. The molecule has 21 heavy (non-hydrogen) atoms. The quantitative estimate of drug-likeness (QED) is 0.842. The van der Waals surface area contributed by atoms with E-state index in [4.69, 9.17) is 10.5 Å². The lowest BCUT2D eigenvalue weighted by molar-refractivity contribution is -0.0388. The molecule has 1 saturated heterocycles. The Hall–Kier alpha value is -0.430. The van der Waals surface area contributed by atoms with Crippen LogP contribution in [0.15, 0.2) is 4.47 Å². The van der Waals surface area contributed by atoms with Gasteiger partial charge in [-0.15, -0.1) is 0 Å². The van der Waals surface area contributed by atoms with Gasteiger partial charge in [-0.05, 0) is 35.8 Å². The molecule has 0 bridgehead atoms. The number of aromatic nitrogens is 2. The molecule has 2 rings (SSSR count). The summed E-state index contributed by atoms with van der Waals surface area (Å²) in [5.74, 6) is 0. The molecule has 0 spiro atoms. The van der Waals surface area contributed by atoms with Gasteiger partial charge in [-0.2, -0.15) is 5.10 Å². The van der Waals surface area contributed by atoms with E-state index < -0.39 is 0 Å². The van der Waals surface area contributed by atoms with Gasteiger partial charge in [0.05, 0.1) is 28.6 Å². The molecule has 1 aliphatic heterocycles. The first kappa shape index (κ1) is 16.9. The number of nitrogens with two attached hydrogens (primary N) is 1. The fourth-order valence-corrected chi connectivity index (χ4v) is 3.57. The molecule has 0 radical (unpaired) electrons. The molecule has 1 fully saturated rings. The molecule has 6 heteroatoms. The Labute approximate surface area is 135 Å². The first-order valence-electron chi connectivity index (χ1n) is 7.94. The fraction of sp³-hybridized carbons (Fsp3) is 0.800. The molecule has 1 aliphatic rings. The highest BCUT2D eigenvalue weighted by Crippen LogP contribution is 2.24. The highest BCUT2D eigenvalue weighted by atomic mass is 79.9. The lowest BCUT2D eigenvalue weighted by atomic mass is 10.0. The standard InChI is InChI=1S/C15H27BrN4O/c1-4-12-15(16)13(20(6-3)18-12)9-11(17)14-10-19(5-2)7-8-21-14/h11,14H,4-10,17H2,1-3H3. The van der Waals surface area contributed by atoms with E-state index in [1.54, 1.807) is 0 Å². The zero-order chi connectivity index (χ0) is 15.4. The molecule has 1 aromatic heterocycles. The Bertz CT molecular complexity index is 463. The number of aryl methyl sites for hydroxylation is 2. The van der Waals surface area contributed by atoms with Crippen LogP contribution < -0.4 is 5.73 Å². The van der Waals surface area contributed by atoms with E-state index in [0.29, 0.717) is 0 Å². The van der Waals surface area contributed by atoms with Gasteiger partial charge >= 0.3 is 0 Å². The highest BCUT2D eigenvalue weighted by Gasteiger charge is 2.27. The molecule has 2 heterocycles. The van der Waals surface area contributed by atoms with Crippen molar-refractivity contribution in [2.24, 2.45) is 5.73 Å². The van der Waals surface area contributed by atoms with E-state index in [1.165, 1.54) is 5.69 Å². The van der Waals surface area contributed by atoms with Crippen molar-refractivity contribution in [1.82, 2.24) is 14.7 Å². The van der Waals surface area contributed by atoms with E-state index in [0.717, 1.165) is 55.8 Å². The molecule has 0 aliphatic carbocycles. The smallest absolute Gasteiger partial charge is 0.0856 e. The van der Waals surface area contributed by atoms with Gasteiger partial charge < -0.3 is 10.5 Å². The van der Waals surface area contributed by atoms with Crippen molar-refractivity contribution in [2.45, 2.75) is 52.3 Å². The Kier molecular flexibility index (Phi) is 6.22. The van der Waals surface area contributed by atoms with E-state index >= 15 is 0 Å². The van der Waals surface area contributed by atoms with Crippen molar-refractivity contribution in [2.75, 3.05) is 26.2 Å². The maximum atomic E-state index is 6.43. The molecule has 0 aromatic carbocycles. The topological polar surface area (TPSA) is 56.3 Å². The summed E-state index contributed by atoms with van der Waals surface area (Å²) < 4.78 is 9.05. The number of ether oxygens (including phenoxy) is 1. The Morgan fingerprint density at radius 1 is 1.38 bits per heavy atom. The van der Waals surface area contributed by atoms with E-state index in [9.17, 15) is 0 Å². The molecular formula is C15H27BrN4O. The molecule has 1 aromatic rings. The van der Waals surface area contributed by atoms with Crippen molar-refractivity contribution in [3.8, 4) is 0 Å². The summed E-state index contributed by atoms with van der Waals surface area (Å²) in [6.07, 6.45) is 1.83. The Morgan fingerprint density at radius 2 is 2.14 bits per heavy atom. The van der Waals surface area contributed by atoms with Crippen LogP contribution >= 0.6 is 15.9 Å². The number of likely N-dealkylation sites (N-methyl/N-ethyl adjacent to an activating group) is 1. The summed E-state index contributed by atoms with van der Waals surface area (Å²) in [7, 11) is 0. The molecule has 2 unspecified atom stereocenters. The third-order valence-corrected chi connectivity index (χ3v) is 5.14. The summed E-state index contributed by atoms with van der Waals surface area (Å²) in [5, 5.41) is 4.64. The Morgan fingerprint density at radius 3 is 2.76 bits per heavy atom. The summed E-state index contributed by atoms with van der Waals surface area (Å²) in [4.78, 5) is 2.40. The molecule has 0 amide bonds. The zero-order valence-electron chi connectivity index (χ0n) is 13.3. The average molecular weight is 359 g/mol. The monoisotopic (exact) mass is 358 g/mol. The molecule has 2 N–H and O–H groups in total. The second-order valence-electron chi connectivity index (χ2n) is 5.55. The first-order valence-corrected chi connectivity index (χ1v) is 8.73. The third-order valence-electron chi connectivity index (χ3n) is 4.23. The Balaban J connectivity index is 2.08.